The van der Waals surface area contributed by atoms with Crippen molar-refractivity contribution in [3.05, 3.63) is 65.0 Å². The number of carbonyl (C=O) groups excluding carboxylic acids is 1. The molecule has 2 rings (SSSR count). The van der Waals surface area contributed by atoms with Crippen LogP contribution < -0.4 is 0 Å². The van der Waals surface area contributed by atoms with E-state index in [0.717, 1.165) is 11.0 Å². The van der Waals surface area contributed by atoms with Crippen LogP contribution in [-0.2, 0) is 6.54 Å². The summed E-state index contributed by atoms with van der Waals surface area (Å²) in [7, 11) is 1.40. The van der Waals surface area contributed by atoms with E-state index in [0.29, 0.717) is 11.6 Å². The van der Waals surface area contributed by atoms with E-state index in [-0.39, 0.29) is 12.3 Å². The Kier molecular flexibility index (Phi) is 4.16. The van der Waals surface area contributed by atoms with Crippen molar-refractivity contribution in [2.75, 3.05) is 7.05 Å². The molecule has 0 bridgehead atoms. The number of halogens is 3. The zero-order chi connectivity index (χ0) is 15.6. The average Bonchev–Trinajstić information content (AvgIpc) is 2.44. The number of hydrogen-bond donors (Lipinski definition) is 1. The minimum Gasteiger partial charge on any atom is -0.508 e. The van der Waals surface area contributed by atoms with Crippen LogP contribution in [0.2, 0.25) is 0 Å². The number of amides is 1. The topological polar surface area (TPSA) is 40.5 Å². The molecule has 2 aromatic carbocycles. The molecule has 3 nitrogen and oxygen atoms in total. The standard InChI is InChI=1S/C15H12F3NO2/c1-19(8-9-3-2-4-10(20)7-9)15(21)11-5-6-12(16)14(18)13(11)17/h2-7,20H,8H2,1H3. The fourth-order valence-electron chi connectivity index (χ4n) is 1.90. The first-order valence-electron chi connectivity index (χ1n) is 6.07. The van der Waals surface area contributed by atoms with Gasteiger partial charge < -0.3 is 10.0 Å². The van der Waals surface area contributed by atoms with Crippen LogP contribution in [0, 0.1) is 17.5 Å². The van der Waals surface area contributed by atoms with Gasteiger partial charge in [-0.25, -0.2) is 13.2 Å². The lowest BCUT2D eigenvalue weighted by atomic mass is 10.1. The van der Waals surface area contributed by atoms with Gasteiger partial charge in [0.25, 0.3) is 5.91 Å². The van der Waals surface area contributed by atoms with Crippen LogP contribution in [0.3, 0.4) is 0 Å². The van der Waals surface area contributed by atoms with Gasteiger partial charge in [0.1, 0.15) is 5.75 Å². The lowest BCUT2D eigenvalue weighted by Crippen LogP contribution is -2.27. The van der Waals surface area contributed by atoms with Crippen LogP contribution in [0.5, 0.6) is 5.75 Å². The zero-order valence-corrected chi connectivity index (χ0v) is 11.1. The Labute approximate surface area is 119 Å². The van der Waals surface area contributed by atoms with Gasteiger partial charge in [-0.3, -0.25) is 4.79 Å². The van der Waals surface area contributed by atoms with Gasteiger partial charge in [0, 0.05) is 13.6 Å². The van der Waals surface area contributed by atoms with Crippen molar-refractivity contribution in [2.45, 2.75) is 6.54 Å². The highest BCUT2D eigenvalue weighted by Gasteiger charge is 2.21. The number of hydrogen-bond acceptors (Lipinski definition) is 2. The van der Waals surface area contributed by atoms with Crippen LogP contribution in [0.15, 0.2) is 36.4 Å². The molecule has 0 saturated heterocycles. The van der Waals surface area contributed by atoms with Gasteiger partial charge >= 0.3 is 0 Å². The largest absolute Gasteiger partial charge is 0.508 e. The first kappa shape index (κ1) is 14.9. The highest BCUT2D eigenvalue weighted by molar-refractivity contribution is 5.94. The summed E-state index contributed by atoms with van der Waals surface area (Å²) in [5.74, 6) is -5.28. The van der Waals surface area contributed by atoms with Gasteiger partial charge in [-0.05, 0) is 29.8 Å². The van der Waals surface area contributed by atoms with Crippen LogP contribution in [0.25, 0.3) is 0 Å². The third-order valence-electron chi connectivity index (χ3n) is 2.94. The van der Waals surface area contributed by atoms with Crippen LogP contribution in [0.4, 0.5) is 13.2 Å². The van der Waals surface area contributed by atoms with Crippen LogP contribution >= 0.6 is 0 Å². The molecule has 0 unspecified atom stereocenters. The van der Waals surface area contributed by atoms with Crippen molar-refractivity contribution in [3.8, 4) is 5.75 Å². The van der Waals surface area contributed by atoms with Gasteiger partial charge in [0.15, 0.2) is 17.5 Å². The predicted octanol–water partition coefficient (Wildman–Crippen LogP) is 3.08. The fraction of sp³-hybridized carbons (Fsp3) is 0.133. The summed E-state index contributed by atoms with van der Waals surface area (Å²) in [5, 5.41) is 9.34. The third kappa shape index (κ3) is 3.16. The van der Waals surface area contributed by atoms with E-state index in [1.807, 2.05) is 0 Å². The van der Waals surface area contributed by atoms with E-state index < -0.39 is 28.9 Å². The summed E-state index contributed by atoms with van der Waals surface area (Å²) in [6, 6.07) is 7.79. The highest BCUT2D eigenvalue weighted by Crippen LogP contribution is 2.18. The number of rotatable bonds is 3. The first-order valence-corrected chi connectivity index (χ1v) is 6.07. The maximum atomic E-state index is 13.6. The Morgan fingerprint density at radius 2 is 1.86 bits per heavy atom. The van der Waals surface area contributed by atoms with E-state index in [4.69, 9.17) is 0 Å². The van der Waals surface area contributed by atoms with Crippen LogP contribution in [-0.4, -0.2) is 23.0 Å². The summed E-state index contributed by atoms with van der Waals surface area (Å²) in [4.78, 5) is 13.2. The summed E-state index contributed by atoms with van der Waals surface area (Å²) >= 11 is 0. The summed E-state index contributed by atoms with van der Waals surface area (Å²) < 4.78 is 39.6. The molecule has 6 heteroatoms. The smallest absolute Gasteiger partial charge is 0.256 e. The molecule has 0 aliphatic rings. The Morgan fingerprint density at radius 3 is 2.52 bits per heavy atom. The van der Waals surface area contributed by atoms with E-state index in [9.17, 15) is 23.1 Å². The molecule has 0 aliphatic heterocycles. The number of carbonyl (C=O) groups is 1. The van der Waals surface area contributed by atoms with Crippen molar-refractivity contribution >= 4 is 5.91 Å². The zero-order valence-electron chi connectivity index (χ0n) is 11.1. The number of aromatic hydroxyl groups is 1. The molecule has 2 aromatic rings. The van der Waals surface area contributed by atoms with Gasteiger partial charge in [-0.1, -0.05) is 12.1 Å². The molecule has 0 aliphatic carbocycles. The van der Waals surface area contributed by atoms with Crippen molar-refractivity contribution in [2.24, 2.45) is 0 Å². The molecule has 0 heterocycles. The Hall–Kier alpha value is -2.50. The minimum atomic E-state index is -1.67. The van der Waals surface area contributed by atoms with E-state index in [2.05, 4.69) is 0 Å². The highest BCUT2D eigenvalue weighted by atomic mass is 19.2. The first-order chi connectivity index (χ1) is 9.90. The molecular weight excluding hydrogens is 283 g/mol. The van der Waals surface area contributed by atoms with Crippen molar-refractivity contribution in [3.63, 3.8) is 0 Å². The Balaban J connectivity index is 2.22. The fourth-order valence-corrected chi connectivity index (χ4v) is 1.90. The average molecular weight is 295 g/mol. The molecule has 21 heavy (non-hydrogen) atoms. The van der Waals surface area contributed by atoms with E-state index in [1.165, 1.54) is 19.2 Å². The molecule has 0 atom stereocenters. The molecule has 0 spiro atoms. The normalized spacial score (nSPS) is 10.5. The molecular formula is C15H12F3NO2. The SMILES string of the molecule is CN(Cc1cccc(O)c1)C(=O)c1ccc(F)c(F)c1F. The molecule has 0 radical (unpaired) electrons. The van der Waals surface area contributed by atoms with Gasteiger partial charge in [0.05, 0.1) is 5.56 Å². The summed E-state index contributed by atoms with van der Waals surface area (Å²) in [6.07, 6.45) is 0. The second kappa shape index (κ2) is 5.87. The van der Waals surface area contributed by atoms with Crippen molar-refractivity contribution < 1.29 is 23.1 Å². The Bertz CT molecular complexity index is 689. The monoisotopic (exact) mass is 295 g/mol. The molecule has 0 aromatic heterocycles. The summed E-state index contributed by atoms with van der Waals surface area (Å²) in [5.41, 5.74) is 0.0744. The van der Waals surface area contributed by atoms with Crippen molar-refractivity contribution in [1.29, 1.82) is 0 Å². The second-order valence-electron chi connectivity index (χ2n) is 4.55. The Morgan fingerprint density at radius 1 is 1.14 bits per heavy atom. The minimum absolute atomic E-state index is 0.0346. The van der Waals surface area contributed by atoms with Gasteiger partial charge in [-0.2, -0.15) is 0 Å². The van der Waals surface area contributed by atoms with Crippen molar-refractivity contribution in [1.82, 2.24) is 4.90 Å². The lowest BCUT2D eigenvalue weighted by molar-refractivity contribution is 0.0779. The molecule has 1 N–H and O–H groups in total. The van der Waals surface area contributed by atoms with Gasteiger partial charge in [0.2, 0.25) is 0 Å². The third-order valence-corrected chi connectivity index (χ3v) is 2.94. The van der Waals surface area contributed by atoms with E-state index >= 15 is 0 Å². The summed E-state index contributed by atoms with van der Waals surface area (Å²) in [6.45, 7) is 0.0890. The maximum Gasteiger partial charge on any atom is 0.256 e. The number of nitrogens with zero attached hydrogens (tertiary/aromatic N) is 1. The maximum absolute atomic E-state index is 13.6. The van der Waals surface area contributed by atoms with Crippen LogP contribution in [0.1, 0.15) is 15.9 Å². The molecule has 110 valence electrons. The molecule has 1 amide bonds. The molecule has 0 fully saturated rings. The number of benzene rings is 2. The predicted molar refractivity (Wildman–Crippen MR) is 70.2 cm³/mol. The number of phenols is 1. The number of phenolic OH excluding ortho intramolecular Hbond substituents is 1. The lowest BCUT2D eigenvalue weighted by Gasteiger charge is -2.18. The molecule has 0 saturated carbocycles. The van der Waals surface area contributed by atoms with E-state index in [1.54, 1.807) is 12.1 Å². The second-order valence-corrected chi connectivity index (χ2v) is 4.55. The quantitative estimate of drug-likeness (QED) is 0.884. The van der Waals surface area contributed by atoms with Gasteiger partial charge in [-0.15, -0.1) is 0 Å².